The number of benzene rings is 2. The number of piperidine rings is 1. The van der Waals surface area contributed by atoms with E-state index in [0.717, 1.165) is 60.7 Å². The number of likely N-dealkylation sites (tertiary alicyclic amines) is 1. The van der Waals surface area contributed by atoms with Crippen LogP contribution in [-0.4, -0.2) is 46.8 Å². The van der Waals surface area contributed by atoms with E-state index >= 15 is 0 Å². The lowest BCUT2D eigenvalue weighted by atomic mass is 10.0. The predicted octanol–water partition coefficient (Wildman–Crippen LogP) is 7.54. The molecule has 0 saturated carbocycles. The second kappa shape index (κ2) is 12.8. The fraction of sp³-hybridized carbons (Fsp3) is 0.414. The number of halogens is 2. The van der Waals surface area contributed by atoms with E-state index in [4.69, 9.17) is 16.6 Å². The Hall–Kier alpha value is -1.75. The standard InChI is InChI=1S/C29H34BrClN4O2S2/c1-2-3-17-34(39(36,37)29-24(30)18-27(31)38-29)21-28-32-25-13-7-8-14-26(25)35(28)20-23-12-6-5-11-22(23)19-33-15-9-4-10-16-33/h5-8,11-14,18H,2-4,9-10,15-17,19-21H2,1H3. The fourth-order valence-corrected chi connectivity index (χ4v) is 9.77. The van der Waals surface area contributed by atoms with E-state index in [9.17, 15) is 8.42 Å². The third-order valence-corrected chi connectivity index (χ3v) is 12.1. The highest BCUT2D eigenvalue weighted by molar-refractivity contribution is 9.10. The first-order chi connectivity index (χ1) is 18.9. The number of aromatic nitrogens is 2. The summed E-state index contributed by atoms with van der Waals surface area (Å²) in [6, 6.07) is 18.3. The van der Waals surface area contributed by atoms with E-state index in [1.54, 1.807) is 10.4 Å². The van der Waals surface area contributed by atoms with Gasteiger partial charge in [0.1, 0.15) is 5.82 Å². The Kier molecular flexibility index (Phi) is 9.46. The van der Waals surface area contributed by atoms with Crippen molar-refractivity contribution in [1.29, 1.82) is 0 Å². The molecule has 5 rings (SSSR count). The van der Waals surface area contributed by atoms with Gasteiger partial charge in [0.25, 0.3) is 10.0 Å². The maximum atomic E-state index is 13.8. The molecule has 0 bridgehead atoms. The van der Waals surface area contributed by atoms with Crippen molar-refractivity contribution in [2.75, 3.05) is 19.6 Å². The molecule has 1 fully saturated rings. The number of hydrogen-bond acceptors (Lipinski definition) is 5. The highest BCUT2D eigenvalue weighted by Crippen LogP contribution is 2.37. The van der Waals surface area contributed by atoms with Gasteiger partial charge in [0.05, 0.1) is 26.4 Å². The van der Waals surface area contributed by atoms with E-state index in [0.29, 0.717) is 21.9 Å². The number of imidazole rings is 1. The molecule has 0 amide bonds. The second-order valence-electron chi connectivity index (χ2n) is 10.1. The van der Waals surface area contributed by atoms with E-state index in [1.807, 2.05) is 18.2 Å². The van der Waals surface area contributed by atoms with Crippen molar-refractivity contribution in [3.05, 3.63) is 80.4 Å². The molecule has 0 N–H and O–H groups in total. The highest BCUT2D eigenvalue weighted by Gasteiger charge is 2.30. The minimum atomic E-state index is -3.78. The smallest absolute Gasteiger partial charge is 0.254 e. The zero-order valence-corrected chi connectivity index (χ0v) is 26.1. The van der Waals surface area contributed by atoms with Gasteiger partial charge in [0, 0.05) is 19.6 Å². The molecule has 3 heterocycles. The normalized spacial score (nSPS) is 15.0. The minimum absolute atomic E-state index is 0.188. The topological polar surface area (TPSA) is 58.4 Å². The Morgan fingerprint density at radius 2 is 1.72 bits per heavy atom. The van der Waals surface area contributed by atoms with Crippen molar-refractivity contribution >= 4 is 59.9 Å². The van der Waals surface area contributed by atoms with Gasteiger partial charge >= 0.3 is 0 Å². The van der Waals surface area contributed by atoms with Crippen LogP contribution in [0.15, 0.2) is 63.3 Å². The Bertz CT molecular complexity index is 1530. The number of rotatable bonds is 11. The first kappa shape index (κ1) is 28.8. The lowest BCUT2D eigenvalue weighted by molar-refractivity contribution is 0.220. The van der Waals surface area contributed by atoms with E-state index in [-0.39, 0.29) is 10.8 Å². The molecule has 0 atom stereocenters. The summed E-state index contributed by atoms with van der Waals surface area (Å²) in [6.07, 6.45) is 5.47. The monoisotopic (exact) mass is 648 g/mol. The molecule has 1 saturated heterocycles. The molecular formula is C29H34BrClN4O2S2. The molecule has 1 aliphatic rings. The Morgan fingerprint density at radius 1 is 1.03 bits per heavy atom. The largest absolute Gasteiger partial charge is 0.322 e. The lowest BCUT2D eigenvalue weighted by Crippen LogP contribution is -2.32. The summed E-state index contributed by atoms with van der Waals surface area (Å²) < 4.78 is 32.6. The molecule has 208 valence electrons. The zero-order chi connectivity index (χ0) is 27.4. The first-order valence-corrected chi connectivity index (χ1v) is 17.0. The lowest BCUT2D eigenvalue weighted by Gasteiger charge is -2.27. The van der Waals surface area contributed by atoms with Gasteiger partial charge in [-0.2, -0.15) is 4.31 Å². The summed E-state index contributed by atoms with van der Waals surface area (Å²) in [5.41, 5.74) is 4.43. The number of nitrogens with zero attached hydrogens (tertiary/aromatic N) is 4. The van der Waals surface area contributed by atoms with Crippen LogP contribution >= 0.6 is 38.9 Å². The van der Waals surface area contributed by atoms with E-state index in [1.165, 1.54) is 30.4 Å². The maximum Gasteiger partial charge on any atom is 0.254 e. The van der Waals surface area contributed by atoms with Crippen LogP contribution in [-0.2, 0) is 29.7 Å². The van der Waals surface area contributed by atoms with Crippen LogP contribution in [0.4, 0.5) is 0 Å². The molecule has 0 aliphatic carbocycles. The van der Waals surface area contributed by atoms with Gasteiger partial charge in [-0.15, -0.1) is 11.3 Å². The summed E-state index contributed by atoms with van der Waals surface area (Å²) in [5.74, 6) is 0.738. The third kappa shape index (κ3) is 6.60. The number of thiophene rings is 1. The first-order valence-electron chi connectivity index (χ1n) is 13.5. The summed E-state index contributed by atoms with van der Waals surface area (Å²) in [5, 5.41) is 0. The van der Waals surface area contributed by atoms with Crippen LogP contribution in [0.3, 0.4) is 0 Å². The fourth-order valence-electron chi connectivity index (χ4n) is 5.21. The van der Waals surface area contributed by atoms with Gasteiger partial charge < -0.3 is 4.57 Å². The van der Waals surface area contributed by atoms with Gasteiger partial charge in [-0.05, 0) is 77.6 Å². The molecule has 2 aromatic heterocycles. The average Bonchev–Trinajstić information content (AvgIpc) is 3.46. The van der Waals surface area contributed by atoms with Gasteiger partial charge in [-0.25, -0.2) is 13.4 Å². The molecular weight excluding hydrogens is 616 g/mol. The number of sulfonamides is 1. The van der Waals surface area contributed by atoms with Crippen molar-refractivity contribution in [3.8, 4) is 0 Å². The molecule has 2 aromatic carbocycles. The molecule has 0 unspecified atom stereocenters. The van der Waals surface area contributed by atoms with Crippen LogP contribution in [0.1, 0.15) is 56.0 Å². The van der Waals surface area contributed by atoms with Gasteiger partial charge in [0.15, 0.2) is 4.21 Å². The van der Waals surface area contributed by atoms with Crippen molar-refractivity contribution < 1.29 is 8.42 Å². The van der Waals surface area contributed by atoms with Crippen molar-refractivity contribution in [2.45, 2.75) is 62.9 Å². The van der Waals surface area contributed by atoms with Crippen molar-refractivity contribution in [1.82, 2.24) is 18.8 Å². The molecule has 39 heavy (non-hydrogen) atoms. The number of para-hydroxylation sites is 2. The van der Waals surface area contributed by atoms with Crippen LogP contribution in [0.2, 0.25) is 4.34 Å². The highest BCUT2D eigenvalue weighted by atomic mass is 79.9. The number of unbranched alkanes of at least 4 members (excludes halogenated alkanes) is 1. The average molecular weight is 650 g/mol. The quantitative estimate of drug-likeness (QED) is 0.169. The minimum Gasteiger partial charge on any atom is -0.322 e. The number of fused-ring (bicyclic) bond motifs is 1. The molecule has 10 heteroatoms. The molecule has 0 radical (unpaired) electrons. The van der Waals surface area contributed by atoms with Crippen molar-refractivity contribution in [3.63, 3.8) is 0 Å². The van der Waals surface area contributed by atoms with Crippen LogP contribution in [0, 0.1) is 0 Å². The van der Waals surface area contributed by atoms with Crippen LogP contribution < -0.4 is 0 Å². The summed E-state index contributed by atoms with van der Waals surface area (Å²) in [7, 11) is -3.78. The second-order valence-corrected chi connectivity index (χ2v) is 14.8. The van der Waals surface area contributed by atoms with E-state index in [2.05, 4.69) is 62.7 Å². The van der Waals surface area contributed by atoms with Crippen LogP contribution in [0.25, 0.3) is 11.0 Å². The zero-order valence-electron chi connectivity index (χ0n) is 22.2. The Morgan fingerprint density at radius 3 is 2.41 bits per heavy atom. The SMILES string of the molecule is CCCCN(Cc1nc2ccccc2n1Cc1ccccc1CN1CCCCC1)S(=O)(=O)c1sc(Cl)cc1Br. The third-order valence-electron chi connectivity index (χ3n) is 7.30. The number of hydrogen-bond donors (Lipinski definition) is 0. The van der Waals surface area contributed by atoms with E-state index < -0.39 is 10.0 Å². The molecule has 1 aliphatic heterocycles. The van der Waals surface area contributed by atoms with Gasteiger partial charge in [-0.3, -0.25) is 4.90 Å². The molecule has 0 spiro atoms. The summed E-state index contributed by atoms with van der Waals surface area (Å²) in [6.45, 7) is 6.51. The Labute approximate surface area is 248 Å². The Balaban J connectivity index is 1.51. The van der Waals surface area contributed by atoms with Gasteiger partial charge in [-0.1, -0.05) is 67.8 Å². The van der Waals surface area contributed by atoms with Crippen LogP contribution in [0.5, 0.6) is 0 Å². The maximum absolute atomic E-state index is 13.8. The molecule has 6 nitrogen and oxygen atoms in total. The van der Waals surface area contributed by atoms with Crippen molar-refractivity contribution in [2.24, 2.45) is 0 Å². The molecule has 4 aromatic rings. The predicted molar refractivity (Wildman–Crippen MR) is 164 cm³/mol. The summed E-state index contributed by atoms with van der Waals surface area (Å²) >= 11 is 10.7. The summed E-state index contributed by atoms with van der Waals surface area (Å²) in [4.78, 5) is 7.49. The van der Waals surface area contributed by atoms with Gasteiger partial charge in [0.2, 0.25) is 0 Å².